The summed E-state index contributed by atoms with van der Waals surface area (Å²) in [5.74, 6) is 0.764. The SMILES string of the molecule is CC.CC.CC1CNC(=O)C1.Cc1ccc2ccccc2n1. The lowest BCUT2D eigenvalue weighted by Gasteiger charge is -1.95. The summed E-state index contributed by atoms with van der Waals surface area (Å²) in [5, 5.41) is 3.94. The molecule has 3 heteroatoms. The van der Waals surface area contributed by atoms with Gasteiger partial charge in [-0.05, 0) is 25.0 Å². The maximum Gasteiger partial charge on any atom is 0.220 e. The summed E-state index contributed by atoms with van der Waals surface area (Å²) in [6.45, 7) is 12.9. The molecule has 0 spiro atoms. The molecule has 1 aliphatic heterocycles. The number of rotatable bonds is 0. The minimum atomic E-state index is 0.201. The van der Waals surface area contributed by atoms with E-state index in [-0.39, 0.29) is 5.91 Å². The van der Waals surface area contributed by atoms with Gasteiger partial charge in [0.1, 0.15) is 0 Å². The van der Waals surface area contributed by atoms with E-state index in [0.717, 1.165) is 24.2 Å². The van der Waals surface area contributed by atoms with Crippen molar-refractivity contribution in [1.29, 1.82) is 0 Å². The number of benzene rings is 1. The molecule has 0 radical (unpaired) electrons. The first-order valence-corrected chi connectivity index (χ1v) is 8.24. The molecule has 1 amide bonds. The Bertz CT molecular complexity index is 552. The molecule has 122 valence electrons. The van der Waals surface area contributed by atoms with Crippen molar-refractivity contribution in [2.75, 3.05) is 6.54 Å². The second kappa shape index (κ2) is 11.7. The molecule has 1 saturated heterocycles. The maximum absolute atomic E-state index is 10.3. The Kier molecular flexibility index (Phi) is 10.7. The largest absolute Gasteiger partial charge is 0.356 e. The van der Waals surface area contributed by atoms with Crippen molar-refractivity contribution in [2.45, 2.75) is 48.0 Å². The maximum atomic E-state index is 10.3. The van der Waals surface area contributed by atoms with E-state index in [1.54, 1.807) is 0 Å². The van der Waals surface area contributed by atoms with Crippen LogP contribution in [0.1, 0.15) is 46.7 Å². The number of pyridine rings is 1. The topological polar surface area (TPSA) is 42.0 Å². The lowest BCUT2D eigenvalue weighted by atomic mass is 10.2. The van der Waals surface area contributed by atoms with Crippen LogP contribution in [-0.4, -0.2) is 17.4 Å². The Labute approximate surface area is 135 Å². The Balaban J connectivity index is 0.000000348. The van der Waals surface area contributed by atoms with E-state index in [1.165, 1.54) is 5.39 Å². The summed E-state index contributed by atoms with van der Waals surface area (Å²) in [6, 6.07) is 12.3. The van der Waals surface area contributed by atoms with Gasteiger partial charge in [-0.2, -0.15) is 0 Å². The molecule has 1 fully saturated rings. The quantitative estimate of drug-likeness (QED) is 0.764. The molecule has 1 aromatic carbocycles. The van der Waals surface area contributed by atoms with E-state index in [4.69, 9.17) is 0 Å². The van der Waals surface area contributed by atoms with Crippen molar-refractivity contribution in [3.05, 3.63) is 42.1 Å². The van der Waals surface area contributed by atoms with Crippen LogP contribution in [0.5, 0.6) is 0 Å². The zero-order valence-electron chi connectivity index (χ0n) is 14.8. The number of nitrogens with zero attached hydrogens (tertiary/aromatic N) is 1. The van der Waals surface area contributed by atoms with Crippen molar-refractivity contribution < 1.29 is 4.79 Å². The van der Waals surface area contributed by atoms with E-state index in [1.807, 2.05) is 58.9 Å². The van der Waals surface area contributed by atoms with Crippen molar-refractivity contribution in [1.82, 2.24) is 10.3 Å². The zero-order chi connectivity index (χ0) is 17.0. The fourth-order valence-corrected chi connectivity index (χ4v) is 1.92. The van der Waals surface area contributed by atoms with Gasteiger partial charge in [-0.3, -0.25) is 9.78 Å². The monoisotopic (exact) mass is 302 g/mol. The van der Waals surface area contributed by atoms with E-state index in [9.17, 15) is 4.79 Å². The minimum absolute atomic E-state index is 0.201. The summed E-state index contributed by atoms with van der Waals surface area (Å²) in [4.78, 5) is 14.7. The predicted octanol–water partition coefficient (Wildman–Crippen LogP) is 4.74. The van der Waals surface area contributed by atoms with E-state index >= 15 is 0 Å². The summed E-state index contributed by atoms with van der Waals surface area (Å²) < 4.78 is 0. The fraction of sp³-hybridized carbons (Fsp3) is 0.474. The van der Waals surface area contributed by atoms with Crippen LogP contribution in [0.15, 0.2) is 36.4 Å². The van der Waals surface area contributed by atoms with Crippen molar-refractivity contribution >= 4 is 16.8 Å². The van der Waals surface area contributed by atoms with Crippen LogP contribution in [0.3, 0.4) is 0 Å². The lowest BCUT2D eigenvalue weighted by Crippen LogP contribution is -2.13. The summed E-state index contributed by atoms with van der Waals surface area (Å²) in [5.41, 5.74) is 2.15. The molecule has 1 atom stereocenters. The molecule has 0 aliphatic carbocycles. The fourth-order valence-electron chi connectivity index (χ4n) is 1.92. The molecule has 22 heavy (non-hydrogen) atoms. The van der Waals surface area contributed by atoms with Crippen LogP contribution >= 0.6 is 0 Å². The Morgan fingerprint density at radius 1 is 1.05 bits per heavy atom. The first kappa shape index (κ1) is 20.1. The second-order valence-electron chi connectivity index (χ2n) is 4.76. The number of aryl methyl sites for hydroxylation is 1. The first-order valence-electron chi connectivity index (χ1n) is 8.24. The highest BCUT2D eigenvalue weighted by Crippen LogP contribution is 2.10. The van der Waals surface area contributed by atoms with Gasteiger partial charge in [0.2, 0.25) is 5.91 Å². The predicted molar refractivity (Wildman–Crippen MR) is 96.0 cm³/mol. The van der Waals surface area contributed by atoms with Crippen LogP contribution in [0.25, 0.3) is 10.9 Å². The van der Waals surface area contributed by atoms with Gasteiger partial charge in [0, 0.05) is 24.0 Å². The third-order valence-electron chi connectivity index (χ3n) is 2.92. The number of carbonyl (C=O) groups excluding carboxylic acids is 1. The van der Waals surface area contributed by atoms with Gasteiger partial charge in [0.25, 0.3) is 0 Å². The molecule has 1 unspecified atom stereocenters. The average Bonchev–Trinajstić information content (AvgIpc) is 2.95. The van der Waals surface area contributed by atoms with Crippen LogP contribution in [-0.2, 0) is 4.79 Å². The Morgan fingerprint density at radius 2 is 1.68 bits per heavy atom. The summed E-state index contributed by atoms with van der Waals surface area (Å²) >= 11 is 0. The molecule has 2 heterocycles. The average molecular weight is 302 g/mol. The van der Waals surface area contributed by atoms with Crippen molar-refractivity contribution in [3.63, 3.8) is 0 Å². The molecule has 0 saturated carbocycles. The van der Waals surface area contributed by atoms with Crippen LogP contribution in [0.2, 0.25) is 0 Å². The Morgan fingerprint density at radius 3 is 2.18 bits per heavy atom. The normalized spacial score (nSPS) is 15.4. The number of aromatic nitrogens is 1. The van der Waals surface area contributed by atoms with E-state index in [2.05, 4.69) is 29.4 Å². The standard InChI is InChI=1S/C10H9N.C5H9NO.2C2H6/c1-8-6-7-9-4-2-3-5-10(9)11-8;1-4-2-5(7)6-3-4;2*1-2/h2-7H,1H3;4H,2-3H2,1H3,(H,6,7);2*1-2H3. The Hall–Kier alpha value is -1.90. The second-order valence-corrected chi connectivity index (χ2v) is 4.76. The van der Waals surface area contributed by atoms with Gasteiger partial charge in [0.05, 0.1) is 5.52 Å². The minimum Gasteiger partial charge on any atom is -0.356 e. The molecule has 3 nitrogen and oxygen atoms in total. The summed E-state index contributed by atoms with van der Waals surface area (Å²) in [6.07, 6.45) is 0.722. The number of fused-ring (bicyclic) bond motifs is 1. The van der Waals surface area contributed by atoms with Crippen LogP contribution in [0.4, 0.5) is 0 Å². The van der Waals surface area contributed by atoms with Crippen molar-refractivity contribution in [3.8, 4) is 0 Å². The van der Waals surface area contributed by atoms with Gasteiger partial charge in [-0.15, -0.1) is 0 Å². The molecule has 1 aromatic heterocycles. The number of para-hydroxylation sites is 1. The first-order chi connectivity index (χ1) is 10.6. The van der Waals surface area contributed by atoms with Gasteiger partial charge in [-0.1, -0.05) is 58.9 Å². The molecular formula is C19H30N2O. The number of amides is 1. The van der Waals surface area contributed by atoms with E-state index < -0.39 is 0 Å². The number of nitrogens with one attached hydrogen (secondary N) is 1. The van der Waals surface area contributed by atoms with Gasteiger partial charge < -0.3 is 5.32 Å². The van der Waals surface area contributed by atoms with Gasteiger partial charge >= 0.3 is 0 Å². The highest BCUT2D eigenvalue weighted by atomic mass is 16.1. The zero-order valence-corrected chi connectivity index (χ0v) is 14.8. The van der Waals surface area contributed by atoms with Crippen LogP contribution < -0.4 is 5.32 Å². The lowest BCUT2D eigenvalue weighted by molar-refractivity contribution is -0.119. The smallest absolute Gasteiger partial charge is 0.220 e. The number of carbonyl (C=O) groups is 1. The third kappa shape index (κ3) is 7.21. The van der Waals surface area contributed by atoms with Gasteiger partial charge in [-0.25, -0.2) is 0 Å². The molecule has 1 N–H and O–H groups in total. The van der Waals surface area contributed by atoms with Gasteiger partial charge in [0.15, 0.2) is 0 Å². The molecule has 0 bridgehead atoms. The molecule has 3 rings (SSSR count). The third-order valence-corrected chi connectivity index (χ3v) is 2.92. The molecule has 2 aromatic rings. The highest BCUT2D eigenvalue weighted by Gasteiger charge is 2.15. The molecular weight excluding hydrogens is 272 g/mol. The van der Waals surface area contributed by atoms with E-state index in [0.29, 0.717) is 5.92 Å². The van der Waals surface area contributed by atoms with Crippen molar-refractivity contribution in [2.24, 2.45) is 5.92 Å². The summed E-state index contributed by atoms with van der Waals surface area (Å²) in [7, 11) is 0. The number of hydrogen-bond donors (Lipinski definition) is 1. The number of hydrogen-bond acceptors (Lipinski definition) is 2. The molecule has 1 aliphatic rings. The van der Waals surface area contributed by atoms with Crippen LogP contribution in [0, 0.1) is 12.8 Å². The highest BCUT2D eigenvalue weighted by molar-refractivity contribution is 5.78.